The number of carboxylic acids is 1. The molecule has 0 unspecified atom stereocenters. The minimum absolute atomic E-state index is 0.130. The van der Waals surface area contributed by atoms with Crippen molar-refractivity contribution in [3.8, 4) is 0 Å². The van der Waals surface area contributed by atoms with Crippen LogP contribution in [0.2, 0.25) is 0 Å². The summed E-state index contributed by atoms with van der Waals surface area (Å²) in [5.41, 5.74) is 2.12. The van der Waals surface area contributed by atoms with E-state index in [2.05, 4.69) is 10.3 Å². The summed E-state index contributed by atoms with van der Waals surface area (Å²) in [6.07, 6.45) is 3.54. The topological polar surface area (TPSA) is 87.5 Å². The first-order valence-corrected chi connectivity index (χ1v) is 6.97. The number of carboxylic acid groups (broad SMARTS) is 1. The zero-order valence-electron chi connectivity index (χ0n) is 11.9. The Hall–Kier alpha value is -2.83. The van der Waals surface area contributed by atoms with Crippen LogP contribution >= 0.6 is 0 Å². The van der Waals surface area contributed by atoms with Crippen molar-refractivity contribution in [1.29, 1.82) is 0 Å². The second kappa shape index (κ2) is 5.88. The Morgan fingerprint density at radius 1 is 1.23 bits per heavy atom. The van der Waals surface area contributed by atoms with Crippen LogP contribution in [0.4, 0.5) is 4.79 Å². The van der Waals surface area contributed by atoms with Crippen molar-refractivity contribution >= 4 is 12.0 Å². The molecule has 7 heteroatoms. The van der Waals surface area contributed by atoms with E-state index in [0.29, 0.717) is 19.6 Å². The lowest BCUT2D eigenvalue weighted by atomic mass is 10.1. The first-order valence-electron chi connectivity index (χ1n) is 6.97. The molecule has 7 nitrogen and oxygen atoms in total. The zero-order valence-corrected chi connectivity index (χ0v) is 11.9. The first kappa shape index (κ1) is 14.1. The molecular weight excluding hydrogens is 284 g/mol. The van der Waals surface area contributed by atoms with E-state index >= 15 is 0 Å². The van der Waals surface area contributed by atoms with Crippen LogP contribution in [0.5, 0.6) is 0 Å². The van der Waals surface area contributed by atoms with Gasteiger partial charge in [0, 0.05) is 25.8 Å². The van der Waals surface area contributed by atoms with Crippen LogP contribution in [0, 0.1) is 0 Å². The molecule has 0 bridgehead atoms. The number of fused-ring (bicyclic) bond motifs is 1. The molecule has 0 fully saturated rings. The normalized spacial score (nSPS) is 13.5. The van der Waals surface area contributed by atoms with Gasteiger partial charge < -0.3 is 19.9 Å². The van der Waals surface area contributed by atoms with E-state index in [-0.39, 0.29) is 11.6 Å². The maximum Gasteiger partial charge on any atom is 0.335 e. The fraction of sp³-hybridized carbons (Fsp3) is 0.267. The Morgan fingerprint density at radius 2 is 2.00 bits per heavy atom. The van der Waals surface area contributed by atoms with Crippen molar-refractivity contribution < 1.29 is 14.7 Å². The molecule has 0 atom stereocenters. The molecule has 1 aliphatic heterocycles. The molecule has 0 saturated heterocycles. The number of amides is 2. The second-order valence-electron chi connectivity index (χ2n) is 5.16. The monoisotopic (exact) mass is 300 g/mol. The van der Waals surface area contributed by atoms with Gasteiger partial charge in [-0.1, -0.05) is 12.1 Å². The van der Waals surface area contributed by atoms with Gasteiger partial charge in [0.05, 0.1) is 24.1 Å². The van der Waals surface area contributed by atoms with Crippen molar-refractivity contribution in [1.82, 2.24) is 19.8 Å². The standard InChI is InChI=1S/C15H16N4O3/c20-14(21)12-3-1-11(2-4-12)7-17-15(22)18-5-6-19-10-16-8-13(19)9-18/h1-4,8,10H,5-7,9H2,(H,17,22)(H,20,21). The number of rotatable bonds is 3. The van der Waals surface area contributed by atoms with Crippen LogP contribution in [0.15, 0.2) is 36.8 Å². The molecule has 3 rings (SSSR count). The van der Waals surface area contributed by atoms with Crippen molar-refractivity contribution in [2.75, 3.05) is 6.54 Å². The van der Waals surface area contributed by atoms with Gasteiger partial charge in [0.25, 0.3) is 0 Å². The van der Waals surface area contributed by atoms with E-state index in [1.54, 1.807) is 29.6 Å². The van der Waals surface area contributed by atoms with Crippen molar-refractivity contribution in [2.24, 2.45) is 0 Å². The lowest BCUT2D eigenvalue weighted by Crippen LogP contribution is -2.43. The van der Waals surface area contributed by atoms with Crippen molar-refractivity contribution in [3.63, 3.8) is 0 Å². The highest BCUT2D eigenvalue weighted by molar-refractivity contribution is 5.87. The van der Waals surface area contributed by atoms with Gasteiger partial charge in [-0.2, -0.15) is 0 Å². The van der Waals surface area contributed by atoms with Gasteiger partial charge in [0.1, 0.15) is 0 Å². The minimum Gasteiger partial charge on any atom is -0.478 e. The van der Waals surface area contributed by atoms with Crippen LogP contribution in [-0.2, 0) is 19.6 Å². The molecule has 0 spiro atoms. The van der Waals surface area contributed by atoms with Crippen molar-refractivity contribution in [2.45, 2.75) is 19.6 Å². The average molecular weight is 300 g/mol. The molecular formula is C15H16N4O3. The molecule has 0 saturated carbocycles. The van der Waals surface area contributed by atoms with E-state index in [4.69, 9.17) is 5.11 Å². The number of imidazole rings is 1. The number of aromatic nitrogens is 2. The van der Waals surface area contributed by atoms with Crippen molar-refractivity contribution in [3.05, 3.63) is 53.6 Å². The molecule has 22 heavy (non-hydrogen) atoms. The van der Waals surface area contributed by atoms with Crippen LogP contribution in [0.1, 0.15) is 21.6 Å². The summed E-state index contributed by atoms with van der Waals surface area (Å²) in [7, 11) is 0. The van der Waals surface area contributed by atoms with E-state index in [1.165, 1.54) is 12.1 Å². The summed E-state index contributed by atoms with van der Waals surface area (Å²) in [5, 5.41) is 11.7. The number of hydrogen-bond donors (Lipinski definition) is 2. The Kier molecular flexibility index (Phi) is 3.78. The van der Waals surface area contributed by atoms with Gasteiger partial charge in [-0.3, -0.25) is 0 Å². The maximum absolute atomic E-state index is 12.2. The second-order valence-corrected chi connectivity index (χ2v) is 5.16. The van der Waals surface area contributed by atoms with E-state index in [0.717, 1.165) is 17.8 Å². The van der Waals surface area contributed by atoms with Crippen LogP contribution in [-0.4, -0.2) is 38.1 Å². The van der Waals surface area contributed by atoms with Gasteiger partial charge in [0.2, 0.25) is 0 Å². The quantitative estimate of drug-likeness (QED) is 0.894. The molecule has 2 aromatic rings. The minimum atomic E-state index is -0.958. The molecule has 1 aromatic heterocycles. The van der Waals surface area contributed by atoms with Gasteiger partial charge >= 0.3 is 12.0 Å². The number of nitrogens with zero attached hydrogens (tertiary/aromatic N) is 3. The van der Waals surface area contributed by atoms with Gasteiger partial charge in [-0.25, -0.2) is 14.6 Å². The lowest BCUT2D eigenvalue weighted by molar-refractivity contribution is 0.0697. The number of carbonyl (C=O) groups excluding carboxylic acids is 1. The molecule has 2 heterocycles. The molecule has 114 valence electrons. The summed E-state index contributed by atoms with van der Waals surface area (Å²) in [5.74, 6) is -0.958. The average Bonchev–Trinajstić information content (AvgIpc) is 3.00. The highest BCUT2D eigenvalue weighted by Crippen LogP contribution is 2.11. The van der Waals surface area contributed by atoms with E-state index in [1.807, 2.05) is 4.57 Å². The third-order valence-corrected chi connectivity index (χ3v) is 3.69. The number of benzene rings is 1. The fourth-order valence-corrected chi connectivity index (χ4v) is 2.41. The highest BCUT2D eigenvalue weighted by Gasteiger charge is 2.20. The molecule has 2 N–H and O–H groups in total. The SMILES string of the molecule is O=C(O)c1ccc(CNC(=O)N2CCn3cncc3C2)cc1. The number of aromatic carboxylic acids is 1. The Morgan fingerprint density at radius 3 is 2.73 bits per heavy atom. The zero-order chi connectivity index (χ0) is 15.5. The van der Waals surface area contributed by atoms with Gasteiger partial charge in [-0.15, -0.1) is 0 Å². The highest BCUT2D eigenvalue weighted by atomic mass is 16.4. The molecule has 1 aliphatic rings. The summed E-state index contributed by atoms with van der Waals surface area (Å²) in [4.78, 5) is 28.8. The summed E-state index contributed by atoms with van der Waals surface area (Å²) < 4.78 is 2.04. The van der Waals surface area contributed by atoms with Crippen LogP contribution in [0.3, 0.4) is 0 Å². The Labute approximate surface area is 127 Å². The van der Waals surface area contributed by atoms with Gasteiger partial charge in [0.15, 0.2) is 0 Å². The van der Waals surface area contributed by atoms with E-state index in [9.17, 15) is 9.59 Å². The third kappa shape index (κ3) is 2.93. The number of nitrogens with one attached hydrogen (secondary N) is 1. The molecule has 1 aromatic carbocycles. The summed E-state index contributed by atoms with van der Waals surface area (Å²) in [6, 6.07) is 6.34. The third-order valence-electron chi connectivity index (χ3n) is 3.69. The predicted octanol–water partition coefficient (Wildman–Crippen LogP) is 1.31. The number of hydrogen-bond acceptors (Lipinski definition) is 3. The maximum atomic E-state index is 12.2. The smallest absolute Gasteiger partial charge is 0.335 e. The summed E-state index contributed by atoms with van der Waals surface area (Å²) >= 11 is 0. The number of urea groups is 1. The molecule has 0 radical (unpaired) electrons. The largest absolute Gasteiger partial charge is 0.478 e. The Balaban J connectivity index is 1.55. The first-order chi connectivity index (χ1) is 10.6. The van der Waals surface area contributed by atoms with E-state index < -0.39 is 5.97 Å². The molecule has 0 aliphatic carbocycles. The fourth-order valence-electron chi connectivity index (χ4n) is 2.41. The number of carbonyl (C=O) groups is 2. The predicted molar refractivity (Wildman–Crippen MR) is 78.3 cm³/mol. The molecule has 2 amide bonds. The lowest BCUT2D eigenvalue weighted by Gasteiger charge is -2.28. The van der Waals surface area contributed by atoms with Crippen LogP contribution in [0.25, 0.3) is 0 Å². The van der Waals surface area contributed by atoms with Crippen LogP contribution < -0.4 is 5.32 Å². The van der Waals surface area contributed by atoms with Gasteiger partial charge in [-0.05, 0) is 17.7 Å². The summed E-state index contributed by atoms with van der Waals surface area (Å²) in [6.45, 7) is 2.31. The Bertz CT molecular complexity index is 693.